The molecule has 2 amide bonds. The second kappa shape index (κ2) is 11.4. The summed E-state index contributed by atoms with van der Waals surface area (Å²) in [5, 5.41) is 15.7. The van der Waals surface area contributed by atoms with Gasteiger partial charge in [0.25, 0.3) is 5.91 Å². The summed E-state index contributed by atoms with van der Waals surface area (Å²) in [6, 6.07) is 9.02. The van der Waals surface area contributed by atoms with E-state index in [1.807, 2.05) is 0 Å². The van der Waals surface area contributed by atoms with Crippen LogP contribution in [-0.4, -0.2) is 42.1 Å². The van der Waals surface area contributed by atoms with E-state index in [1.54, 1.807) is 24.3 Å². The number of aliphatic carboxylic acids is 1. The van der Waals surface area contributed by atoms with E-state index in [0.29, 0.717) is 36.4 Å². The average Bonchev–Trinajstić information content (AvgIpc) is 3.52. The van der Waals surface area contributed by atoms with Crippen LogP contribution in [0.5, 0.6) is 11.5 Å². The SMILES string of the molecule is COc1cc(F)c(OC2CCC(C(=O)O)CC2)cc1C(=O)NC1C2CCC(C2)C1C(=O)Nc1cccc(Cl)c1. The van der Waals surface area contributed by atoms with Gasteiger partial charge in [0.2, 0.25) is 5.91 Å². The van der Waals surface area contributed by atoms with Gasteiger partial charge < -0.3 is 25.2 Å². The largest absolute Gasteiger partial charge is 0.496 e. The van der Waals surface area contributed by atoms with E-state index >= 15 is 0 Å². The summed E-state index contributed by atoms with van der Waals surface area (Å²) < 4.78 is 26.1. The Hall–Kier alpha value is -3.33. The molecule has 8 nitrogen and oxygen atoms in total. The average molecular weight is 559 g/mol. The number of methoxy groups -OCH3 is 1. The minimum absolute atomic E-state index is 0.0648. The number of carbonyl (C=O) groups is 3. The molecule has 3 aliphatic rings. The molecule has 3 N–H and O–H groups in total. The van der Waals surface area contributed by atoms with Crippen molar-refractivity contribution in [2.75, 3.05) is 12.4 Å². The van der Waals surface area contributed by atoms with Crippen LogP contribution in [-0.2, 0) is 9.59 Å². The van der Waals surface area contributed by atoms with Crippen molar-refractivity contribution in [1.82, 2.24) is 5.32 Å². The number of hydrogen-bond acceptors (Lipinski definition) is 5. The molecule has 0 radical (unpaired) electrons. The monoisotopic (exact) mass is 558 g/mol. The Kier molecular flexibility index (Phi) is 7.98. The highest BCUT2D eigenvalue weighted by Crippen LogP contribution is 2.49. The van der Waals surface area contributed by atoms with Gasteiger partial charge in [0.1, 0.15) is 5.75 Å². The summed E-state index contributed by atoms with van der Waals surface area (Å²) in [5.41, 5.74) is 0.713. The predicted molar refractivity (Wildman–Crippen MR) is 143 cm³/mol. The van der Waals surface area contributed by atoms with E-state index in [2.05, 4.69) is 10.6 Å². The Bertz CT molecular complexity index is 1260. The van der Waals surface area contributed by atoms with Crippen molar-refractivity contribution in [1.29, 1.82) is 0 Å². The number of carboxylic acids is 1. The molecule has 3 fully saturated rings. The molecule has 0 aliphatic heterocycles. The lowest BCUT2D eigenvalue weighted by atomic mass is 9.83. The summed E-state index contributed by atoms with van der Waals surface area (Å²) in [4.78, 5) is 38.1. The molecule has 2 aromatic rings. The molecule has 39 heavy (non-hydrogen) atoms. The molecule has 4 atom stereocenters. The lowest BCUT2D eigenvalue weighted by Crippen LogP contribution is -2.48. The topological polar surface area (TPSA) is 114 Å². The van der Waals surface area contributed by atoms with Crippen LogP contribution in [0.4, 0.5) is 10.1 Å². The Morgan fingerprint density at radius 2 is 1.74 bits per heavy atom. The van der Waals surface area contributed by atoms with Crippen LogP contribution in [0.1, 0.15) is 55.3 Å². The Labute approximate surface area is 231 Å². The van der Waals surface area contributed by atoms with Crippen LogP contribution in [0.25, 0.3) is 0 Å². The van der Waals surface area contributed by atoms with Crippen molar-refractivity contribution < 1.29 is 33.4 Å². The summed E-state index contributed by atoms with van der Waals surface area (Å²) in [6.45, 7) is 0. The number of fused-ring (bicyclic) bond motifs is 2. The number of rotatable bonds is 8. The van der Waals surface area contributed by atoms with Crippen LogP contribution in [0.3, 0.4) is 0 Å². The number of carboxylic acid groups (broad SMARTS) is 1. The molecule has 4 unspecified atom stereocenters. The summed E-state index contributed by atoms with van der Waals surface area (Å²) >= 11 is 6.07. The number of halogens is 2. The van der Waals surface area contributed by atoms with Gasteiger partial charge in [0.15, 0.2) is 11.6 Å². The fourth-order valence-electron chi connectivity index (χ4n) is 6.48. The first kappa shape index (κ1) is 27.2. The van der Waals surface area contributed by atoms with E-state index in [-0.39, 0.29) is 47.0 Å². The van der Waals surface area contributed by atoms with Crippen LogP contribution >= 0.6 is 11.6 Å². The molecule has 3 saturated carbocycles. The molecule has 3 aliphatic carbocycles. The van der Waals surface area contributed by atoms with Crippen molar-refractivity contribution in [3.8, 4) is 11.5 Å². The first-order chi connectivity index (χ1) is 18.7. The van der Waals surface area contributed by atoms with E-state index in [4.69, 9.17) is 21.1 Å². The van der Waals surface area contributed by atoms with Gasteiger partial charge in [-0.15, -0.1) is 0 Å². The number of carbonyl (C=O) groups excluding carboxylic acids is 2. The summed E-state index contributed by atoms with van der Waals surface area (Å²) in [6.07, 6.45) is 4.23. The fourth-order valence-corrected chi connectivity index (χ4v) is 6.67. The third-order valence-corrected chi connectivity index (χ3v) is 8.66. The molecule has 10 heteroatoms. The molecule has 0 aromatic heterocycles. The smallest absolute Gasteiger partial charge is 0.306 e. The van der Waals surface area contributed by atoms with Gasteiger partial charge in [-0.2, -0.15) is 0 Å². The number of ether oxygens (including phenoxy) is 2. The minimum Gasteiger partial charge on any atom is -0.496 e. The first-order valence-electron chi connectivity index (χ1n) is 13.4. The predicted octanol–water partition coefficient (Wildman–Crippen LogP) is 5.29. The maximum absolute atomic E-state index is 14.9. The highest BCUT2D eigenvalue weighted by Gasteiger charge is 2.51. The van der Waals surface area contributed by atoms with Gasteiger partial charge in [-0.3, -0.25) is 14.4 Å². The molecular weight excluding hydrogens is 527 g/mol. The highest BCUT2D eigenvalue weighted by molar-refractivity contribution is 6.30. The second-order valence-electron chi connectivity index (χ2n) is 10.8. The Balaban J connectivity index is 1.31. The Morgan fingerprint density at radius 1 is 1.00 bits per heavy atom. The number of anilines is 1. The molecular formula is C29H32ClFN2O6. The zero-order chi connectivity index (χ0) is 27.7. The fraction of sp³-hybridized carbons (Fsp3) is 0.483. The van der Waals surface area contributed by atoms with Crippen molar-refractivity contribution >= 4 is 35.1 Å². The van der Waals surface area contributed by atoms with E-state index in [9.17, 15) is 23.9 Å². The molecule has 2 aromatic carbocycles. The maximum atomic E-state index is 14.9. The molecule has 208 valence electrons. The molecule has 5 rings (SSSR count). The molecule has 0 saturated heterocycles. The van der Waals surface area contributed by atoms with Gasteiger partial charge >= 0.3 is 5.97 Å². The van der Waals surface area contributed by atoms with E-state index < -0.39 is 29.5 Å². The normalized spacial score (nSPS) is 27.6. The van der Waals surface area contributed by atoms with Gasteiger partial charge in [-0.05, 0) is 81.0 Å². The lowest BCUT2D eigenvalue weighted by Gasteiger charge is -2.31. The van der Waals surface area contributed by atoms with Gasteiger partial charge in [0.05, 0.1) is 30.6 Å². The van der Waals surface area contributed by atoms with Gasteiger partial charge in [0, 0.05) is 22.8 Å². The second-order valence-corrected chi connectivity index (χ2v) is 11.2. The molecule has 0 heterocycles. The zero-order valence-corrected chi connectivity index (χ0v) is 22.4. The van der Waals surface area contributed by atoms with E-state index in [1.165, 1.54) is 13.2 Å². The zero-order valence-electron chi connectivity index (χ0n) is 21.6. The highest BCUT2D eigenvalue weighted by atomic mass is 35.5. The van der Waals surface area contributed by atoms with Gasteiger partial charge in [-0.25, -0.2) is 4.39 Å². The Morgan fingerprint density at radius 3 is 2.44 bits per heavy atom. The van der Waals surface area contributed by atoms with Crippen LogP contribution < -0.4 is 20.1 Å². The third kappa shape index (κ3) is 5.83. The number of nitrogens with one attached hydrogen (secondary N) is 2. The summed E-state index contributed by atoms with van der Waals surface area (Å²) in [7, 11) is 1.36. The standard InChI is InChI=1S/C29H32ClFN2O6/c1-38-23-14-22(31)24(39-20-9-7-15(8-10-20)29(36)37)13-21(23)27(34)33-26-17-6-5-16(11-17)25(26)28(35)32-19-4-2-3-18(30)12-19/h2-4,12-17,20,25-26H,5-11H2,1H3,(H,32,35)(H,33,34)(H,36,37). The van der Waals surface area contributed by atoms with Crippen molar-refractivity contribution in [3.05, 3.63) is 52.8 Å². The van der Waals surface area contributed by atoms with Crippen LogP contribution in [0, 0.1) is 29.5 Å². The van der Waals surface area contributed by atoms with Crippen molar-refractivity contribution in [2.24, 2.45) is 23.7 Å². The van der Waals surface area contributed by atoms with Crippen LogP contribution in [0.2, 0.25) is 5.02 Å². The first-order valence-corrected chi connectivity index (χ1v) is 13.8. The summed E-state index contributed by atoms with van der Waals surface area (Å²) in [5.74, 6) is -2.64. The number of hydrogen-bond donors (Lipinski definition) is 3. The minimum atomic E-state index is -0.830. The number of amides is 2. The molecule has 0 spiro atoms. The van der Waals surface area contributed by atoms with Crippen molar-refractivity contribution in [3.63, 3.8) is 0 Å². The van der Waals surface area contributed by atoms with Crippen molar-refractivity contribution in [2.45, 2.75) is 57.1 Å². The van der Waals surface area contributed by atoms with E-state index in [0.717, 1.165) is 25.3 Å². The quantitative estimate of drug-likeness (QED) is 0.405. The maximum Gasteiger partial charge on any atom is 0.306 e. The van der Waals surface area contributed by atoms with Crippen LogP contribution in [0.15, 0.2) is 36.4 Å². The molecule has 2 bridgehead atoms. The number of benzene rings is 2. The van der Waals surface area contributed by atoms with Gasteiger partial charge in [-0.1, -0.05) is 17.7 Å². The lowest BCUT2D eigenvalue weighted by molar-refractivity contribution is -0.143. The third-order valence-electron chi connectivity index (χ3n) is 8.42.